The molecule has 1 unspecified atom stereocenters. The zero-order valence-electron chi connectivity index (χ0n) is 10.1. The van der Waals surface area contributed by atoms with Crippen molar-refractivity contribution in [2.75, 3.05) is 18.1 Å². The van der Waals surface area contributed by atoms with E-state index in [9.17, 15) is 22.8 Å². The fourth-order valence-corrected chi connectivity index (χ4v) is 2.18. The van der Waals surface area contributed by atoms with Crippen molar-refractivity contribution in [3.05, 3.63) is 0 Å². The molecule has 0 saturated carbocycles. The average molecular weight is 284 g/mol. The monoisotopic (exact) mass is 284 g/mol. The molecule has 0 spiro atoms. The van der Waals surface area contributed by atoms with Gasteiger partial charge in [-0.1, -0.05) is 6.92 Å². The second-order valence-electron chi connectivity index (χ2n) is 4.06. The number of alkyl halides is 3. The van der Waals surface area contributed by atoms with Crippen LogP contribution in [0, 0.1) is 0 Å². The summed E-state index contributed by atoms with van der Waals surface area (Å²) in [6.07, 6.45) is -4.29. The van der Waals surface area contributed by atoms with E-state index >= 15 is 0 Å². The standard InChI is InChI=1S/C10H15F3N2O2S/c1-3-18-6-4-5-15-7(16)9(2,10(11,12)13)14-8(15)17/h3-6H2,1-2H3,(H,14,17). The summed E-state index contributed by atoms with van der Waals surface area (Å²) in [5.41, 5.74) is -2.79. The van der Waals surface area contributed by atoms with Gasteiger partial charge in [0, 0.05) is 6.54 Å². The maximum absolute atomic E-state index is 12.7. The molecule has 104 valence electrons. The van der Waals surface area contributed by atoms with Crippen LogP contribution >= 0.6 is 11.8 Å². The first-order valence-electron chi connectivity index (χ1n) is 5.52. The van der Waals surface area contributed by atoms with Crippen LogP contribution in [0.25, 0.3) is 0 Å². The zero-order chi connectivity index (χ0) is 14.0. The van der Waals surface area contributed by atoms with E-state index in [-0.39, 0.29) is 6.54 Å². The van der Waals surface area contributed by atoms with E-state index in [2.05, 4.69) is 0 Å². The Balaban J connectivity index is 2.68. The topological polar surface area (TPSA) is 49.4 Å². The van der Waals surface area contributed by atoms with Crippen LogP contribution in [-0.4, -0.2) is 46.6 Å². The molecule has 1 atom stereocenters. The largest absolute Gasteiger partial charge is 0.420 e. The maximum atomic E-state index is 12.7. The van der Waals surface area contributed by atoms with Crippen molar-refractivity contribution in [1.82, 2.24) is 10.2 Å². The normalized spacial score (nSPS) is 24.6. The second kappa shape index (κ2) is 5.38. The molecule has 4 nitrogen and oxygen atoms in total. The number of hydrogen-bond acceptors (Lipinski definition) is 3. The first-order valence-corrected chi connectivity index (χ1v) is 6.68. The van der Waals surface area contributed by atoms with Gasteiger partial charge in [-0.25, -0.2) is 4.79 Å². The summed E-state index contributed by atoms with van der Waals surface area (Å²) in [5, 5.41) is 1.72. The van der Waals surface area contributed by atoms with Gasteiger partial charge in [-0.05, 0) is 24.9 Å². The van der Waals surface area contributed by atoms with Gasteiger partial charge in [-0.2, -0.15) is 24.9 Å². The predicted octanol–water partition coefficient (Wildman–Crippen LogP) is 2.00. The molecule has 1 saturated heterocycles. The fraction of sp³-hybridized carbons (Fsp3) is 0.800. The Bertz CT molecular complexity index is 349. The number of nitrogens with one attached hydrogen (secondary N) is 1. The highest BCUT2D eigenvalue weighted by atomic mass is 32.2. The van der Waals surface area contributed by atoms with Crippen LogP contribution in [0.4, 0.5) is 18.0 Å². The molecule has 8 heteroatoms. The molecule has 1 fully saturated rings. The lowest BCUT2D eigenvalue weighted by atomic mass is 10.0. The van der Waals surface area contributed by atoms with E-state index in [1.54, 1.807) is 17.1 Å². The first-order chi connectivity index (χ1) is 8.24. The number of hydrogen-bond donors (Lipinski definition) is 1. The minimum absolute atomic E-state index is 0.0172. The van der Waals surface area contributed by atoms with E-state index in [4.69, 9.17) is 0 Å². The quantitative estimate of drug-likeness (QED) is 0.620. The van der Waals surface area contributed by atoms with Gasteiger partial charge >= 0.3 is 12.2 Å². The second-order valence-corrected chi connectivity index (χ2v) is 5.45. The van der Waals surface area contributed by atoms with Gasteiger partial charge in [-0.15, -0.1) is 0 Å². The van der Waals surface area contributed by atoms with Crippen LogP contribution in [0.1, 0.15) is 20.3 Å². The van der Waals surface area contributed by atoms with Gasteiger partial charge in [0.05, 0.1) is 0 Å². The third kappa shape index (κ3) is 2.73. The Kier molecular flexibility index (Phi) is 4.52. The molecular weight excluding hydrogens is 269 g/mol. The van der Waals surface area contributed by atoms with Crippen molar-refractivity contribution in [1.29, 1.82) is 0 Å². The van der Waals surface area contributed by atoms with Gasteiger partial charge in [0.1, 0.15) is 0 Å². The Morgan fingerprint density at radius 1 is 1.39 bits per heavy atom. The van der Waals surface area contributed by atoms with Gasteiger partial charge in [0.25, 0.3) is 5.91 Å². The highest BCUT2D eigenvalue weighted by Gasteiger charge is 2.64. The summed E-state index contributed by atoms with van der Waals surface area (Å²) in [7, 11) is 0. The van der Waals surface area contributed by atoms with Crippen LogP contribution in [0.15, 0.2) is 0 Å². The van der Waals surface area contributed by atoms with Crippen LogP contribution in [0.3, 0.4) is 0 Å². The van der Waals surface area contributed by atoms with E-state index < -0.39 is 23.7 Å². The van der Waals surface area contributed by atoms with Crippen LogP contribution in [0.2, 0.25) is 0 Å². The van der Waals surface area contributed by atoms with E-state index in [0.29, 0.717) is 24.0 Å². The van der Waals surface area contributed by atoms with Crippen molar-refractivity contribution in [3.8, 4) is 0 Å². The molecule has 0 aromatic rings. The molecule has 1 heterocycles. The van der Waals surface area contributed by atoms with Crippen molar-refractivity contribution in [2.24, 2.45) is 0 Å². The minimum Gasteiger partial charge on any atom is -0.316 e. The lowest BCUT2D eigenvalue weighted by Crippen LogP contribution is -2.56. The Morgan fingerprint density at radius 3 is 2.44 bits per heavy atom. The van der Waals surface area contributed by atoms with Crippen molar-refractivity contribution in [3.63, 3.8) is 0 Å². The van der Waals surface area contributed by atoms with Crippen LogP contribution in [-0.2, 0) is 4.79 Å². The molecule has 1 rings (SSSR count). The summed E-state index contributed by atoms with van der Waals surface area (Å²) in [5.74, 6) is 0.373. The summed E-state index contributed by atoms with van der Waals surface area (Å²) in [6.45, 7) is 2.66. The van der Waals surface area contributed by atoms with Crippen molar-refractivity contribution >= 4 is 23.7 Å². The molecule has 3 amide bonds. The highest BCUT2D eigenvalue weighted by molar-refractivity contribution is 7.99. The number of rotatable bonds is 5. The summed E-state index contributed by atoms with van der Waals surface area (Å²) in [4.78, 5) is 23.7. The Hall–Kier alpha value is -0.920. The smallest absolute Gasteiger partial charge is 0.316 e. The highest BCUT2D eigenvalue weighted by Crippen LogP contribution is 2.35. The van der Waals surface area contributed by atoms with Crippen molar-refractivity contribution in [2.45, 2.75) is 32.0 Å². The Labute approximate surface area is 107 Å². The number of carbonyl (C=O) groups is 2. The molecule has 0 aliphatic carbocycles. The number of imide groups is 1. The SMILES string of the molecule is CCSCCCN1C(=O)NC(C)(C(F)(F)F)C1=O. The summed E-state index contributed by atoms with van der Waals surface area (Å²) < 4.78 is 38.2. The van der Waals surface area contributed by atoms with E-state index in [1.165, 1.54) is 0 Å². The lowest BCUT2D eigenvalue weighted by Gasteiger charge is -2.24. The molecule has 0 radical (unpaired) electrons. The lowest BCUT2D eigenvalue weighted by molar-refractivity contribution is -0.191. The van der Waals surface area contributed by atoms with Gasteiger partial charge in [-0.3, -0.25) is 9.69 Å². The van der Waals surface area contributed by atoms with Crippen LogP contribution < -0.4 is 5.32 Å². The maximum Gasteiger partial charge on any atom is 0.420 e. The van der Waals surface area contributed by atoms with Gasteiger partial charge < -0.3 is 5.32 Å². The number of halogens is 3. The first kappa shape index (κ1) is 15.1. The minimum atomic E-state index is -4.79. The Morgan fingerprint density at radius 2 is 2.00 bits per heavy atom. The molecule has 0 bridgehead atoms. The molecular formula is C10H15F3N2O2S. The molecule has 1 N–H and O–H groups in total. The third-order valence-corrected chi connectivity index (χ3v) is 3.70. The summed E-state index contributed by atoms with van der Waals surface area (Å²) in [6, 6.07) is -0.971. The predicted molar refractivity (Wildman–Crippen MR) is 62.3 cm³/mol. The molecule has 0 aromatic carbocycles. The number of urea groups is 1. The van der Waals surface area contributed by atoms with Gasteiger partial charge in [0.2, 0.25) is 5.54 Å². The summed E-state index contributed by atoms with van der Waals surface area (Å²) >= 11 is 1.61. The third-order valence-electron chi connectivity index (χ3n) is 2.72. The average Bonchev–Trinajstić information content (AvgIpc) is 2.47. The fourth-order valence-electron chi connectivity index (χ4n) is 1.56. The van der Waals surface area contributed by atoms with E-state index in [1.807, 2.05) is 6.92 Å². The number of nitrogens with zero attached hydrogens (tertiary/aromatic N) is 1. The molecule has 1 aliphatic rings. The molecule has 0 aromatic heterocycles. The van der Waals surface area contributed by atoms with Gasteiger partial charge in [0.15, 0.2) is 0 Å². The van der Waals surface area contributed by atoms with Crippen LogP contribution in [0.5, 0.6) is 0 Å². The van der Waals surface area contributed by atoms with E-state index in [0.717, 1.165) is 5.75 Å². The zero-order valence-corrected chi connectivity index (χ0v) is 11.0. The number of amides is 3. The molecule has 1 aliphatic heterocycles. The molecule has 18 heavy (non-hydrogen) atoms. The van der Waals surface area contributed by atoms with Crippen molar-refractivity contribution < 1.29 is 22.8 Å². The number of carbonyl (C=O) groups excluding carboxylic acids is 2. The number of thioether (sulfide) groups is 1.